The summed E-state index contributed by atoms with van der Waals surface area (Å²) in [6.07, 6.45) is 3.27. The number of pyridine rings is 1. The molecule has 0 aliphatic carbocycles. The molecular weight excluding hydrogens is 357 g/mol. The molecule has 5 heteroatoms. The molecule has 0 aliphatic rings. The van der Waals surface area contributed by atoms with Crippen LogP contribution in [0.25, 0.3) is 0 Å². The van der Waals surface area contributed by atoms with Crippen molar-refractivity contribution in [1.29, 1.82) is 0 Å². The van der Waals surface area contributed by atoms with Crippen LogP contribution in [0.4, 0.5) is 0 Å². The van der Waals surface area contributed by atoms with Gasteiger partial charge >= 0.3 is 0 Å². The van der Waals surface area contributed by atoms with Crippen LogP contribution in [0.3, 0.4) is 0 Å². The van der Waals surface area contributed by atoms with E-state index in [-0.39, 0.29) is 5.76 Å². The van der Waals surface area contributed by atoms with Crippen LogP contribution >= 0.6 is 23.2 Å². The molecule has 2 atom stereocenters. The maximum atomic E-state index is 11.6. The van der Waals surface area contributed by atoms with Crippen LogP contribution in [-0.2, 0) is 10.3 Å². The molecule has 134 valence electrons. The summed E-state index contributed by atoms with van der Waals surface area (Å²) in [5, 5.41) is 12.7. The van der Waals surface area contributed by atoms with E-state index in [1.54, 1.807) is 36.7 Å². The third-order valence-corrected chi connectivity index (χ3v) is 4.74. The van der Waals surface area contributed by atoms with E-state index in [0.717, 1.165) is 5.56 Å². The Balaban J connectivity index is 2.49. The predicted molar refractivity (Wildman–Crippen MR) is 103 cm³/mol. The molecule has 0 saturated heterocycles. The fraction of sp³-hybridized carbons (Fsp3) is 0.350. The first-order chi connectivity index (χ1) is 11.8. The third kappa shape index (κ3) is 4.35. The van der Waals surface area contributed by atoms with Gasteiger partial charge in [0.15, 0.2) is 5.60 Å². The van der Waals surface area contributed by atoms with Gasteiger partial charge in [0.2, 0.25) is 0 Å². The number of hydrogen-bond donors (Lipinski definition) is 1. The van der Waals surface area contributed by atoms with Crippen molar-refractivity contribution in [3.8, 4) is 0 Å². The monoisotopic (exact) mass is 379 g/mol. The summed E-state index contributed by atoms with van der Waals surface area (Å²) >= 11 is 12.4. The highest BCUT2D eigenvalue weighted by Crippen LogP contribution is 2.44. The van der Waals surface area contributed by atoms with E-state index in [9.17, 15) is 5.11 Å². The van der Waals surface area contributed by atoms with Gasteiger partial charge in [-0.3, -0.25) is 4.98 Å². The van der Waals surface area contributed by atoms with Gasteiger partial charge in [0.1, 0.15) is 5.76 Å². The molecule has 0 bridgehead atoms. The van der Waals surface area contributed by atoms with Crippen LogP contribution in [-0.4, -0.2) is 16.7 Å². The number of benzene rings is 1. The van der Waals surface area contributed by atoms with Crippen molar-refractivity contribution >= 4 is 23.2 Å². The fourth-order valence-electron chi connectivity index (χ4n) is 2.70. The molecule has 0 spiro atoms. The van der Waals surface area contributed by atoms with Crippen LogP contribution in [0.5, 0.6) is 0 Å². The van der Waals surface area contributed by atoms with Gasteiger partial charge < -0.3 is 9.84 Å². The summed E-state index contributed by atoms with van der Waals surface area (Å²) in [5.74, 6) is 0.165. The number of hydrogen-bond acceptors (Lipinski definition) is 3. The second-order valence-corrected chi connectivity index (χ2v) is 7.37. The number of halogens is 2. The molecule has 3 nitrogen and oxygen atoms in total. The molecule has 0 aliphatic heterocycles. The largest absolute Gasteiger partial charge is 0.495 e. The van der Waals surface area contributed by atoms with Gasteiger partial charge in [-0.2, -0.15) is 0 Å². The van der Waals surface area contributed by atoms with Crippen molar-refractivity contribution < 1.29 is 9.84 Å². The molecule has 2 unspecified atom stereocenters. The third-order valence-electron chi connectivity index (χ3n) is 4.17. The van der Waals surface area contributed by atoms with Crippen LogP contribution in [0.15, 0.2) is 55.1 Å². The van der Waals surface area contributed by atoms with Crippen molar-refractivity contribution in [1.82, 2.24) is 4.98 Å². The van der Waals surface area contributed by atoms with Crippen LogP contribution in [0, 0.1) is 5.92 Å². The second kappa shape index (κ2) is 8.22. The molecule has 1 aromatic heterocycles. The molecule has 1 heterocycles. The number of aromatic nitrogens is 1. The molecule has 0 fully saturated rings. The first kappa shape index (κ1) is 19.8. The highest BCUT2D eigenvalue weighted by atomic mass is 35.5. The Labute approximate surface area is 159 Å². The normalized spacial score (nSPS) is 14.8. The average molecular weight is 380 g/mol. The van der Waals surface area contributed by atoms with Gasteiger partial charge in [0, 0.05) is 33.9 Å². The summed E-state index contributed by atoms with van der Waals surface area (Å²) < 4.78 is 5.79. The molecule has 0 radical (unpaired) electrons. The van der Waals surface area contributed by atoms with Crippen molar-refractivity contribution in [3.63, 3.8) is 0 Å². The summed E-state index contributed by atoms with van der Waals surface area (Å²) in [6, 6.07) is 8.80. The highest BCUT2D eigenvalue weighted by molar-refractivity contribution is 6.35. The SMILES string of the molecule is C=C(OCC(C)C)C(O)(c1cccnc1)C(C)c1ccc(Cl)cc1Cl. The van der Waals surface area contributed by atoms with E-state index in [0.29, 0.717) is 28.1 Å². The lowest BCUT2D eigenvalue weighted by Gasteiger charge is -2.36. The predicted octanol–water partition coefficient (Wildman–Crippen LogP) is 5.57. The standard InChI is InChI=1S/C20H23Cl2NO2/c1-13(2)12-25-15(4)20(24,16-6-5-9-23-11-16)14(3)18-8-7-17(21)10-19(18)22/h5-11,13-14,24H,4,12H2,1-3H3. The van der Waals surface area contributed by atoms with Gasteiger partial charge in [-0.15, -0.1) is 0 Å². The average Bonchev–Trinajstić information content (AvgIpc) is 2.59. The van der Waals surface area contributed by atoms with E-state index in [4.69, 9.17) is 27.9 Å². The van der Waals surface area contributed by atoms with Crippen molar-refractivity contribution in [2.24, 2.45) is 5.92 Å². The molecule has 1 N–H and O–H groups in total. The zero-order chi connectivity index (χ0) is 18.6. The molecule has 1 aromatic carbocycles. The Kier molecular flexibility index (Phi) is 6.50. The minimum Gasteiger partial charge on any atom is -0.495 e. The Morgan fingerprint density at radius 3 is 2.56 bits per heavy atom. The lowest BCUT2D eigenvalue weighted by atomic mass is 9.77. The quantitative estimate of drug-likeness (QED) is 0.639. The number of ether oxygens (including phenoxy) is 1. The van der Waals surface area contributed by atoms with E-state index < -0.39 is 11.5 Å². The smallest absolute Gasteiger partial charge is 0.154 e. The zero-order valence-electron chi connectivity index (χ0n) is 14.7. The minimum atomic E-state index is -1.47. The molecule has 0 amide bonds. The van der Waals surface area contributed by atoms with E-state index >= 15 is 0 Å². The number of rotatable bonds is 7. The van der Waals surface area contributed by atoms with Gasteiger partial charge in [-0.25, -0.2) is 0 Å². The topological polar surface area (TPSA) is 42.4 Å². The fourth-order valence-corrected chi connectivity index (χ4v) is 3.27. The summed E-state index contributed by atoms with van der Waals surface area (Å²) in [4.78, 5) is 4.13. The Morgan fingerprint density at radius 1 is 1.28 bits per heavy atom. The first-order valence-electron chi connectivity index (χ1n) is 8.16. The van der Waals surface area contributed by atoms with E-state index in [1.165, 1.54) is 0 Å². The Hall–Kier alpha value is -1.55. The van der Waals surface area contributed by atoms with Crippen LogP contribution < -0.4 is 0 Å². The maximum absolute atomic E-state index is 11.6. The highest BCUT2D eigenvalue weighted by Gasteiger charge is 2.42. The van der Waals surface area contributed by atoms with Gasteiger partial charge in [0.05, 0.1) is 6.61 Å². The van der Waals surface area contributed by atoms with Crippen LogP contribution in [0.1, 0.15) is 37.8 Å². The Morgan fingerprint density at radius 2 is 2.00 bits per heavy atom. The zero-order valence-corrected chi connectivity index (χ0v) is 16.2. The van der Waals surface area contributed by atoms with E-state index in [2.05, 4.69) is 11.6 Å². The summed E-state index contributed by atoms with van der Waals surface area (Å²) in [7, 11) is 0. The lowest BCUT2D eigenvalue weighted by molar-refractivity contribution is -0.0158. The summed E-state index contributed by atoms with van der Waals surface area (Å²) in [6.45, 7) is 10.4. The van der Waals surface area contributed by atoms with Crippen molar-refractivity contribution in [3.05, 3.63) is 76.2 Å². The van der Waals surface area contributed by atoms with Crippen molar-refractivity contribution in [2.75, 3.05) is 6.61 Å². The van der Waals surface area contributed by atoms with E-state index in [1.807, 2.05) is 26.8 Å². The first-order valence-corrected chi connectivity index (χ1v) is 8.92. The maximum Gasteiger partial charge on any atom is 0.154 e. The van der Waals surface area contributed by atoms with Gasteiger partial charge in [-0.05, 0) is 29.7 Å². The number of nitrogens with zero attached hydrogens (tertiary/aromatic N) is 1. The Bertz CT molecular complexity index is 734. The molecular formula is C20H23Cl2NO2. The second-order valence-electron chi connectivity index (χ2n) is 6.52. The molecule has 0 saturated carbocycles. The molecule has 25 heavy (non-hydrogen) atoms. The molecule has 2 rings (SSSR count). The van der Waals surface area contributed by atoms with Gasteiger partial charge in [0.25, 0.3) is 0 Å². The van der Waals surface area contributed by atoms with Crippen molar-refractivity contribution in [2.45, 2.75) is 32.3 Å². The van der Waals surface area contributed by atoms with Crippen LogP contribution in [0.2, 0.25) is 10.0 Å². The summed E-state index contributed by atoms with van der Waals surface area (Å²) in [5.41, 5.74) is -0.116. The lowest BCUT2D eigenvalue weighted by Crippen LogP contribution is -2.36. The molecule has 2 aromatic rings. The number of aliphatic hydroxyl groups is 1. The van der Waals surface area contributed by atoms with Gasteiger partial charge in [-0.1, -0.05) is 62.7 Å². The minimum absolute atomic E-state index is 0.271.